The number of pyridine rings is 1. The fraction of sp³-hybridized carbons (Fsp3) is 0.545. The SMILES string of the molecule is Cc1ccncc1N[C@@H]1CCO[C@@H]1C. The van der Waals surface area contributed by atoms with Crippen molar-refractivity contribution in [2.75, 3.05) is 11.9 Å². The largest absolute Gasteiger partial charge is 0.378 e. The third-order valence-corrected chi connectivity index (χ3v) is 2.76. The molecule has 0 amide bonds. The van der Waals surface area contributed by atoms with Crippen LogP contribution >= 0.6 is 0 Å². The molecule has 0 radical (unpaired) electrons. The highest BCUT2D eigenvalue weighted by Crippen LogP contribution is 2.20. The van der Waals surface area contributed by atoms with Crippen molar-refractivity contribution in [3.63, 3.8) is 0 Å². The number of anilines is 1. The van der Waals surface area contributed by atoms with Gasteiger partial charge in [-0.3, -0.25) is 4.98 Å². The summed E-state index contributed by atoms with van der Waals surface area (Å²) in [5.74, 6) is 0. The van der Waals surface area contributed by atoms with E-state index in [1.54, 1.807) is 0 Å². The molecular weight excluding hydrogens is 176 g/mol. The Kier molecular flexibility index (Phi) is 2.68. The van der Waals surface area contributed by atoms with Crippen LogP contribution in [0.4, 0.5) is 5.69 Å². The van der Waals surface area contributed by atoms with Crippen LogP contribution in [0.25, 0.3) is 0 Å². The monoisotopic (exact) mass is 192 g/mol. The third kappa shape index (κ3) is 1.87. The molecule has 0 saturated carbocycles. The zero-order valence-corrected chi connectivity index (χ0v) is 8.66. The Hall–Kier alpha value is -1.09. The summed E-state index contributed by atoms with van der Waals surface area (Å²) < 4.78 is 5.49. The molecule has 1 aromatic rings. The van der Waals surface area contributed by atoms with Crippen LogP contribution < -0.4 is 5.32 Å². The summed E-state index contributed by atoms with van der Waals surface area (Å²) in [4.78, 5) is 4.11. The molecule has 0 bridgehead atoms. The van der Waals surface area contributed by atoms with Crippen LogP contribution in [0.5, 0.6) is 0 Å². The maximum Gasteiger partial charge on any atom is 0.0748 e. The Morgan fingerprint density at radius 3 is 3.07 bits per heavy atom. The van der Waals surface area contributed by atoms with Crippen LogP contribution in [-0.2, 0) is 4.74 Å². The van der Waals surface area contributed by atoms with Crippen molar-refractivity contribution in [3.05, 3.63) is 24.0 Å². The van der Waals surface area contributed by atoms with Crippen molar-refractivity contribution in [2.24, 2.45) is 0 Å². The maximum atomic E-state index is 5.49. The zero-order valence-electron chi connectivity index (χ0n) is 8.66. The Morgan fingerprint density at radius 1 is 1.57 bits per heavy atom. The van der Waals surface area contributed by atoms with E-state index in [1.165, 1.54) is 5.56 Å². The first-order valence-electron chi connectivity index (χ1n) is 5.06. The average molecular weight is 192 g/mol. The summed E-state index contributed by atoms with van der Waals surface area (Å²) in [6.07, 6.45) is 5.07. The van der Waals surface area contributed by atoms with Gasteiger partial charge in [-0.2, -0.15) is 0 Å². The fourth-order valence-electron chi connectivity index (χ4n) is 1.74. The molecule has 76 valence electrons. The van der Waals surface area contributed by atoms with E-state index in [-0.39, 0.29) is 0 Å². The number of rotatable bonds is 2. The summed E-state index contributed by atoms with van der Waals surface area (Å²) >= 11 is 0. The predicted molar refractivity (Wildman–Crippen MR) is 56.4 cm³/mol. The first kappa shape index (κ1) is 9.46. The Labute approximate surface area is 84.5 Å². The highest BCUT2D eigenvalue weighted by atomic mass is 16.5. The minimum Gasteiger partial charge on any atom is -0.378 e. The van der Waals surface area contributed by atoms with Gasteiger partial charge in [-0.25, -0.2) is 0 Å². The molecule has 3 nitrogen and oxygen atoms in total. The molecule has 2 heterocycles. The number of nitrogens with one attached hydrogen (secondary N) is 1. The molecule has 2 atom stereocenters. The van der Waals surface area contributed by atoms with Crippen LogP contribution in [0.15, 0.2) is 18.5 Å². The van der Waals surface area contributed by atoms with Gasteiger partial charge in [-0.05, 0) is 31.9 Å². The van der Waals surface area contributed by atoms with Crippen molar-refractivity contribution in [1.29, 1.82) is 0 Å². The van der Waals surface area contributed by atoms with E-state index in [0.29, 0.717) is 12.1 Å². The van der Waals surface area contributed by atoms with Gasteiger partial charge in [0.2, 0.25) is 0 Å². The van der Waals surface area contributed by atoms with Gasteiger partial charge < -0.3 is 10.1 Å². The van der Waals surface area contributed by atoms with Gasteiger partial charge in [-0.15, -0.1) is 0 Å². The molecule has 1 aliphatic heterocycles. The molecule has 3 heteroatoms. The second-order valence-electron chi connectivity index (χ2n) is 3.81. The molecular formula is C11H16N2O. The number of hydrogen-bond donors (Lipinski definition) is 1. The topological polar surface area (TPSA) is 34.2 Å². The van der Waals surface area contributed by atoms with Crippen molar-refractivity contribution < 1.29 is 4.74 Å². The van der Waals surface area contributed by atoms with Crippen molar-refractivity contribution in [1.82, 2.24) is 4.98 Å². The Bertz CT molecular complexity index is 314. The highest BCUT2D eigenvalue weighted by molar-refractivity contribution is 5.49. The summed E-state index contributed by atoms with van der Waals surface area (Å²) in [5.41, 5.74) is 2.36. The average Bonchev–Trinajstić information content (AvgIpc) is 2.56. The number of nitrogens with zero attached hydrogens (tertiary/aromatic N) is 1. The van der Waals surface area contributed by atoms with Crippen molar-refractivity contribution in [3.8, 4) is 0 Å². The van der Waals surface area contributed by atoms with Gasteiger partial charge in [0.15, 0.2) is 0 Å². The number of aryl methyl sites for hydroxylation is 1. The molecule has 0 spiro atoms. The van der Waals surface area contributed by atoms with E-state index >= 15 is 0 Å². The fourth-order valence-corrected chi connectivity index (χ4v) is 1.74. The Morgan fingerprint density at radius 2 is 2.43 bits per heavy atom. The summed E-state index contributed by atoms with van der Waals surface area (Å²) in [6, 6.07) is 2.45. The lowest BCUT2D eigenvalue weighted by Crippen LogP contribution is -2.27. The Balaban J connectivity index is 2.07. The summed E-state index contributed by atoms with van der Waals surface area (Å²) in [7, 11) is 0. The molecule has 0 aromatic carbocycles. The van der Waals surface area contributed by atoms with Gasteiger partial charge in [0, 0.05) is 12.8 Å². The van der Waals surface area contributed by atoms with E-state index in [0.717, 1.165) is 18.7 Å². The molecule has 14 heavy (non-hydrogen) atoms. The summed E-state index contributed by atoms with van der Waals surface area (Å²) in [6.45, 7) is 5.05. The second-order valence-corrected chi connectivity index (χ2v) is 3.81. The highest BCUT2D eigenvalue weighted by Gasteiger charge is 2.24. The standard InChI is InChI=1S/C11H16N2O/c1-8-3-5-12-7-11(8)13-10-4-6-14-9(10)2/h3,5,7,9-10,13H,4,6H2,1-2H3/t9-,10-/m1/s1. The van der Waals surface area contributed by atoms with Gasteiger partial charge in [0.25, 0.3) is 0 Å². The lowest BCUT2D eigenvalue weighted by Gasteiger charge is -2.18. The lowest BCUT2D eigenvalue weighted by atomic mass is 10.1. The molecule has 2 rings (SSSR count). The minimum absolute atomic E-state index is 0.301. The molecule has 1 aliphatic rings. The molecule has 1 saturated heterocycles. The van der Waals surface area contributed by atoms with E-state index in [4.69, 9.17) is 4.74 Å². The smallest absolute Gasteiger partial charge is 0.0748 e. The van der Waals surface area contributed by atoms with Crippen LogP contribution in [0.1, 0.15) is 18.9 Å². The van der Waals surface area contributed by atoms with E-state index in [1.807, 2.05) is 18.5 Å². The quantitative estimate of drug-likeness (QED) is 0.778. The van der Waals surface area contributed by atoms with Crippen molar-refractivity contribution in [2.45, 2.75) is 32.4 Å². The third-order valence-electron chi connectivity index (χ3n) is 2.76. The van der Waals surface area contributed by atoms with Crippen LogP contribution in [0.2, 0.25) is 0 Å². The first-order chi connectivity index (χ1) is 6.77. The summed E-state index contributed by atoms with van der Waals surface area (Å²) in [5, 5.41) is 3.47. The maximum absolute atomic E-state index is 5.49. The molecule has 1 N–H and O–H groups in total. The zero-order chi connectivity index (χ0) is 9.97. The van der Waals surface area contributed by atoms with Crippen LogP contribution in [0.3, 0.4) is 0 Å². The van der Waals surface area contributed by atoms with E-state index < -0.39 is 0 Å². The first-order valence-corrected chi connectivity index (χ1v) is 5.06. The lowest BCUT2D eigenvalue weighted by molar-refractivity contribution is 0.121. The number of aromatic nitrogens is 1. The molecule has 0 aliphatic carbocycles. The number of ether oxygens (including phenoxy) is 1. The normalized spacial score (nSPS) is 26.4. The van der Waals surface area contributed by atoms with E-state index in [2.05, 4.69) is 24.1 Å². The van der Waals surface area contributed by atoms with Gasteiger partial charge in [-0.1, -0.05) is 0 Å². The predicted octanol–water partition coefficient (Wildman–Crippen LogP) is 1.98. The molecule has 1 fully saturated rings. The number of hydrogen-bond acceptors (Lipinski definition) is 3. The van der Waals surface area contributed by atoms with Crippen LogP contribution in [0, 0.1) is 6.92 Å². The second kappa shape index (κ2) is 3.96. The van der Waals surface area contributed by atoms with Gasteiger partial charge >= 0.3 is 0 Å². The minimum atomic E-state index is 0.301. The molecule has 0 unspecified atom stereocenters. The van der Waals surface area contributed by atoms with Crippen molar-refractivity contribution >= 4 is 5.69 Å². The van der Waals surface area contributed by atoms with Gasteiger partial charge in [0.05, 0.1) is 24.0 Å². The van der Waals surface area contributed by atoms with E-state index in [9.17, 15) is 0 Å². The van der Waals surface area contributed by atoms with Gasteiger partial charge in [0.1, 0.15) is 0 Å². The van der Waals surface area contributed by atoms with Crippen LogP contribution in [-0.4, -0.2) is 23.7 Å². The molecule has 1 aromatic heterocycles.